The third-order valence-electron chi connectivity index (χ3n) is 3.98. The first-order valence-corrected chi connectivity index (χ1v) is 7.52. The molecule has 20 heavy (non-hydrogen) atoms. The van der Waals surface area contributed by atoms with Crippen molar-refractivity contribution in [2.24, 2.45) is 5.92 Å². The number of carbonyl (C=O) groups is 1. The van der Waals surface area contributed by atoms with Crippen molar-refractivity contribution in [1.82, 2.24) is 9.88 Å². The van der Waals surface area contributed by atoms with Crippen LogP contribution < -0.4 is 0 Å². The minimum atomic E-state index is 0.0855. The van der Waals surface area contributed by atoms with Gasteiger partial charge in [-0.1, -0.05) is 18.2 Å². The van der Waals surface area contributed by atoms with Crippen LogP contribution in [0.1, 0.15) is 23.2 Å². The van der Waals surface area contributed by atoms with Crippen LogP contribution in [-0.4, -0.2) is 34.8 Å². The summed E-state index contributed by atoms with van der Waals surface area (Å²) in [6.07, 6.45) is 3.72. The molecular formula is C16H17ClN2O. The number of hydrogen-bond acceptors (Lipinski definition) is 2. The highest BCUT2D eigenvalue weighted by Gasteiger charge is 2.24. The lowest BCUT2D eigenvalue weighted by Gasteiger charge is -2.31. The number of benzene rings is 1. The lowest BCUT2D eigenvalue weighted by atomic mass is 9.98. The quantitative estimate of drug-likeness (QED) is 0.794. The average molecular weight is 289 g/mol. The minimum Gasteiger partial charge on any atom is -0.339 e. The Morgan fingerprint density at radius 2 is 2.00 bits per heavy atom. The van der Waals surface area contributed by atoms with Crippen LogP contribution in [0.2, 0.25) is 0 Å². The fourth-order valence-corrected chi connectivity index (χ4v) is 3.05. The van der Waals surface area contributed by atoms with Gasteiger partial charge in [0.05, 0.1) is 11.1 Å². The monoisotopic (exact) mass is 288 g/mol. The maximum Gasteiger partial charge on any atom is 0.256 e. The molecule has 1 amide bonds. The molecule has 104 valence electrons. The Kier molecular flexibility index (Phi) is 3.88. The first-order valence-electron chi connectivity index (χ1n) is 6.98. The highest BCUT2D eigenvalue weighted by atomic mass is 35.5. The second kappa shape index (κ2) is 5.80. The molecule has 1 aliphatic rings. The molecule has 2 heterocycles. The van der Waals surface area contributed by atoms with Gasteiger partial charge in [-0.3, -0.25) is 9.78 Å². The fraction of sp³-hybridized carbons (Fsp3) is 0.375. The van der Waals surface area contributed by atoms with E-state index in [9.17, 15) is 4.79 Å². The van der Waals surface area contributed by atoms with Gasteiger partial charge in [-0.2, -0.15) is 0 Å². The van der Waals surface area contributed by atoms with Crippen molar-refractivity contribution >= 4 is 28.4 Å². The first kappa shape index (κ1) is 13.4. The smallest absolute Gasteiger partial charge is 0.256 e. The summed E-state index contributed by atoms with van der Waals surface area (Å²) in [5.41, 5.74) is 1.49. The maximum absolute atomic E-state index is 12.7. The second-order valence-corrected chi connectivity index (χ2v) is 5.58. The molecule has 1 aliphatic heterocycles. The van der Waals surface area contributed by atoms with Crippen molar-refractivity contribution in [2.75, 3.05) is 19.0 Å². The summed E-state index contributed by atoms with van der Waals surface area (Å²) in [5.74, 6) is 1.33. The Hall–Kier alpha value is -1.61. The van der Waals surface area contributed by atoms with Crippen LogP contribution in [0.15, 0.2) is 36.5 Å². The molecule has 0 radical (unpaired) electrons. The number of fused-ring (bicyclic) bond motifs is 1. The number of para-hydroxylation sites is 1. The summed E-state index contributed by atoms with van der Waals surface area (Å²) in [5, 5.41) is 1.01. The van der Waals surface area contributed by atoms with Gasteiger partial charge in [0.15, 0.2) is 0 Å². The number of carbonyl (C=O) groups excluding carboxylic acids is 1. The minimum absolute atomic E-state index is 0.0855. The predicted octanol–water partition coefficient (Wildman–Crippen LogP) is 3.33. The van der Waals surface area contributed by atoms with Crippen LogP contribution in [0.5, 0.6) is 0 Å². The Balaban J connectivity index is 1.86. The van der Waals surface area contributed by atoms with E-state index in [1.165, 1.54) is 0 Å². The van der Waals surface area contributed by atoms with Gasteiger partial charge in [0, 0.05) is 30.6 Å². The molecule has 0 saturated carbocycles. The molecule has 1 aromatic heterocycles. The van der Waals surface area contributed by atoms with Gasteiger partial charge in [0.2, 0.25) is 0 Å². The van der Waals surface area contributed by atoms with Gasteiger partial charge >= 0.3 is 0 Å². The summed E-state index contributed by atoms with van der Waals surface area (Å²) in [6.45, 7) is 1.58. The number of hydrogen-bond donors (Lipinski definition) is 0. The molecule has 0 bridgehead atoms. The molecule has 3 nitrogen and oxygen atoms in total. The average Bonchev–Trinajstić information content (AvgIpc) is 2.54. The molecule has 1 aromatic carbocycles. The number of likely N-dealkylation sites (tertiary alicyclic amines) is 1. The molecule has 4 heteroatoms. The Morgan fingerprint density at radius 3 is 2.75 bits per heavy atom. The van der Waals surface area contributed by atoms with E-state index in [4.69, 9.17) is 11.6 Å². The zero-order valence-electron chi connectivity index (χ0n) is 11.3. The lowest BCUT2D eigenvalue weighted by Crippen LogP contribution is -2.39. The van der Waals surface area contributed by atoms with Gasteiger partial charge in [-0.15, -0.1) is 11.6 Å². The molecule has 0 aliphatic carbocycles. The molecule has 2 aromatic rings. The number of piperidine rings is 1. The molecule has 0 N–H and O–H groups in total. The van der Waals surface area contributed by atoms with E-state index >= 15 is 0 Å². The van der Waals surface area contributed by atoms with Crippen LogP contribution in [0, 0.1) is 5.92 Å². The zero-order chi connectivity index (χ0) is 13.9. The molecule has 1 fully saturated rings. The van der Waals surface area contributed by atoms with Crippen molar-refractivity contribution in [3.8, 4) is 0 Å². The number of rotatable bonds is 2. The standard InChI is InChI=1S/C16H17ClN2O/c17-11-12-6-9-19(10-7-12)16(20)14-5-1-3-13-4-2-8-18-15(13)14/h1-5,8,12H,6-7,9-11H2. The van der Waals surface area contributed by atoms with Crippen LogP contribution in [0.4, 0.5) is 0 Å². The molecule has 3 rings (SSSR count). The highest BCUT2D eigenvalue weighted by Crippen LogP contribution is 2.22. The van der Waals surface area contributed by atoms with Gasteiger partial charge in [0.25, 0.3) is 5.91 Å². The maximum atomic E-state index is 12.7. The van der Waals surface area contributed by atoms with Crippen molar-refractivity contribution in [2.45, 2.75) is 12.8 Å². The van der Waals surface area contributed by atoms with Crippen molar-refractivity contribution < 1.29 is 4.79 Å². The van der Waals surface area contributed by atoms with Crippen molar-refractivity contribution in [3.63, 3.8) is 0 Å². The van der Waals surface area contributed by atoms with E-state index in [-0.39, 0.29) is 5.91 Å². The zero-order valence-corrected chi connectivity index (χ0v) is 12.0. The molecular weight excluding hydrogens is 272 g/mol. The highest BCUT2D eigenvalue weighted by molar-refractivity contribution is 6.18. The third kappa shape index (κ3) is 2.50. The Labute approximate surface area is 123 Å². The van der Waals surface area contributed by atoms with E-state index in [0.29, 0.717) is 17.4 Å². The van der Waals surface area contributed by atoms with Crippen LogP contribution >= 0.6 is 11.6 Å². The predicted molar refractivity (Wildman–Crippen MR) is 81.1 cm³/mol. The lowest BCUT2D eigenvalue weighted by molar-refractivity contribution is 0.0700. The summed E-state index contributed by atoms with van der Waals surface area (Å²) in [4.78, 5) is 18.9. The van der Waals surface area contributed by atoms with Crippen LogP contribution in [0.3, 0.4) is 0 Å². The number of pyridine rings is 1. The number of alkyl halides is 1. The number of amides is 1. The van der Waals surface area contributed by atoms with E-state index in [0.717, 1.165) is 36.8 Å². The fourth-order valence-electron chi connectivity index (χ4n) is 2.74. The van der Waals surface area contributed by atoms with Gasteiger partial charge < -0.3 is 4.90 Å². The van der Waals surface area contributed by atoms with Crippen LogP contribution in [0.25, 0.3) is 10.9 Å². The van der Waals surface area contributed by atoms with E-state index < -0.39 is 0 Å². The van der Waals surface area contributed by atoms with E-state index in [1.807, 2.05) is 35.2 Å². The molecule has 1 saturated heterocycles. The van der Waals surface area contributed by atoms with Gasteiger partial charge in [-0.05, 0) is 30.9 Å². The van der Waals surface area contributed by atoms with E-state index in [1.54, 1.807) is 6.20 Å². The molecule has 0 spiro atoms. The van der Waals surface area contributed by atoms with Crippen LogP contribution in [-0.2, 0) is 0 Å². The van der Waals surface area contributed by atoms with Gasteiger partial charge in [-0.25, -0.2) is 0 Å². The topological polar surface area (TPSA) is 33.2 Å². The molecule has 0 atom stereocenters. The summed E-state index contributed by atoms with van der Waals surface area (Å²) >= 11 is 5.89. The number of halogens is 1. The summed E-state index contributed by atoms with van der Waals surface area (Å²) in [7, 11) is 0. The number of aromatic nitrogens is 1. The van der Waals surface area contributed by atoms with E-state index in [2.05, 4.69) is 4.98 Å². The second-order valence-electron chi connectivity index (χ2n) is 5.27. The summed E-state index contributed by atoms with van der Waals surface area (Å²) in [6, 6.07) is 9.65. The Morgan fingerprint density at radius 1 is 1.25 bits per heavy atom. The normalized spacial score (nSPS) is 16.6. The first-order chi connectivity index (χ1) is 9.79. The van der Waals surface area contributed by atoms with Crippen molar-refractivity contribution in [1.29, 1.82) is 0 Å². The van der Waals surface area contributed by atoms with Gasteiger partial charge in [0.1, 0.15) is 0 Å². The van der Waals surface area contributed by atoms with Crippen molar-refractivity contribution in [3.05, 3.63) is 42.1 Å². The largest absolute Gasteiger partial charge is 0.339 e. The third-order valence-corrected chi connectivity index (χ3v) is 4.42. The Bertz CT molecular complexity index is 615. The SMILES string of the molecule is O=C(c1cccc2cccnc12)N1CCC(CCl)CC1. The summed E-state index contributed by atoms with van der Waals surface area (Å²) < 4.78 is 0. The molecule has 0 unspecified atom stereocenters. The number of nitrogens with zero attached hydrogens (tertiary/aromatic N) is 2.